The lowest BCUT2D eigenvalue weighted by atomic mass is 10.3. The van der Waals surface area contributed by atoms with E-state index in [1.165, 1.54) is 25.3 Å². The van der Waals surface area contributed by atoms with E-state index in [1.807, 2.05) is 0 Å². The number of aromatic nitrogens is 2. The van der Waals surface area contributed by atoms with E-state index in [4.69, 9.17) is 22.1 Å². The van der Waals surface area contributed by atoms with E-state index in [9.17, 15) is 8.42 Å². The van der Waals surface area contributed by atoms with E-state index in [0.717, 1.165) is 0 Å². The molecule has 0 aliphatic heterocycles. The van der Waals surface area contributed by atoms with E-state index in [0.29, 0.717) is 11.4 Å². The highest BCUT2D eigenvalue weighted by Crippen LogP contribution is 2.23. The number of nitrogens with zero attached hydrogens (tertiary/aromatic N) is 2. The Morgan fingerprint density at radius 1 is 1.29 bits per heavy atom. The van der Waals surface area contributed by atoms with Gasteiger partial charge in [0.25, 0.3) is 10.0 Å². The van der Waals surface area contributed by atoms with Crippen molar-refractivity contribution in [3.8, 4) is 5.88 Å². The van der Waals surface area contributed by atoms with E-state index < -0.39 is 10.0 Å². The van der Waals surface area contributed by atoms with Crippen molar-refractivity contribution in [2.75, 3.05) is 17.6 Å². The minimum Gasteiger partial charge on any atom is -0.481 e. The molecule has 112 valence electrons. The van der Waals surface area contributed by atoms with Crippen LogP contribution < -0.4 is 15.2 Å². The van der Waals surface area contributed by atoms with Crippen molar-refractivity contribution in [3.05, 3.63) is 35.0 Å². The average molecular weight is 329 g/mol. The van der Waals surface area contributed by atoms with Crippen molar-refractivity contribution < 1.29 is 13.2 Å². The van der Waals surface area contributed by atoms with Crippen LogP contribution in [0.1, 0.15) is 5.69 Å². The lowest BCUT2D eigenvalue weighted by molar-refractivity contribution is 0.397. The molecule has 0 spiro atoms. The Kier molecular flexibility index (Phi) is 4.19. The monoisotopic (exact) mass is 328 g/mol. The molecule has 0 amide bonds. The molecule has 0 saturated heterocycles. The molecule has 21 heavy (non-hydrogen) atoms. The summed E-state index contributed by atoms with van der Waals surface area (Å²) in [5.41, 5.74) is 6.41. The number of methoxy groups -OCH3 is 1. The smallest absolute Gasteiger partial charge is 0.264 e. The van der Waals surface area contributed by atoms with Gasteiger partial charge in [-0.3, -0.25) is 0 Å². The summed E-state index contributed by atoms with van der Waals surface area (Å²) in [5, 5.41) is 0.153. The summed E-state index contributed by atoms with van der Waals surface area (Å²) >= 11 is 5.83. The molecule has 1 heterocycles. The Hall–Kier alpha value is -2.06. The molecule has 2 aromatic rings. The van der Waals surface area contributed by atoms with Gasteiger partial charge in [0.2, 0.25) is 11.8 Å². The van der Waals surface area contributed by atoms with Crippen molar-refractivity contribution in [2.24, 2.45) is 0 Å². The number of aryl methyl sites for hydroxylation is 1. The first kappa shape index (κ1) is 15.3. The molecule has 3 N–H and O–H groups in total. The zero-order valence-electron chi connectivity index (χ0n) is 11.3. The van der Waals surface area contributed by atoms with Crippen LogP contribution in [0.15, 0.2) is 29.2 Å². The van der Waals surface area contributed by atoms with Crippen LogP contribution in [0.5, 0.6) is 5.88 Å². The summed E-state index contributed by atoms with van der Waals surface area (Å²) in [6.45, 7) is 1.70. The predicted molar refractivity (Wildman–Crippen MR) is 80.0 cm³/mol. The van der Waals surface area contributed by atoms with Crippen molar-refractivity contribution in [3.63, 3.8) is 0 Å². The third kappa shape index (κ3) is 3.53. The molecule has 1 aromatic carbocycles. The van der Waals surface area contributed by atoms with Gasteiger partial charge in [-0.25, -0.2) is 18.1 Å². The number of halogens is 1. The van der Waals surface area contributed by atoms with Crippen LogP contribution >= 0.6 is 11.6 Å². The summed E-state index contributed by atoms with van der Waals surface area (Å²) in [4.78, 5) is 7.88. The second kappa shape index (κ2) is 5.74. The third-order valence-electron chi connectivity index (χ3n) is 2.55. The number of benzene rings is 1. The van der Waals surface area contributed by atoms with Gasteiger partial charge in [-0.15, -0.1) is 0 Å². The van der Waals surface area contributed by atoms with Crippen LogP contribution in [-0.4, -0.2) is 25.5 Å². The van der Waals surface area contributed by atoms with Gasteiger partial charge in [-0.2, -0.15) is 4.98 Å². The Balaban J connectivity index is 2.37. The first-order valence-electron chi connectivity index (χ1n) is 5.79. The zero-order chi connectivity index (χ0) is 15.6. The number of sulfonamides is 1. The largest absolute Gasteiger partial charge is 0.481 e. The molecule has 0 radical (unpaired) electrons. The molecule has 2 rings (SSSR count). The molecule has 0 bridgehead atoms. The maximum atomic E-state index is 12.2. The second-order valence-electron chi connectivity index (χ2n) is 4.16. The van der Waals surface area contributed by atoms with Gasteiger partial charge in [0.15, 0.2) is 0 Å². The minimum absolute atomic E-state index is 0.0363. The summed E-state index contributed by atoms with van der Waals surface area (Å²) in [5.74, 6) is 0.176. The van der Waals surface area contributed by atoms with Crippen molar-refractivity contribution in [1.29, 1.82) is 0 Å². The number of nitrogen functional groups attached to an aromatic ring is 1. The Morgan fingerprint density at radius 3 is 2.62 bits per heavy atom. The van der Waals surface area contributed by atoms with Gasteiger partial charge >= 0.3 is 0 Å². The molecule has 0 unspecified atom stereocenters. The van der Waals surface area contributed by atoms with Crippen LogP contribution in [0.4, 0.5) is 11.6 Å². The predicted octanol–water partition coefficient (Wildman–Crippen LogP) is 1.83. The SMILES string of the molecule is COc1cc(C)nc(NS(=O)(=O)c2ccc(N)c(Cl)c2)n1. The fourth-order valence-corrected chi connectivity index (χ4v) is 2.76. The van der Waals surface area contributed by atoms with E-state index in [2.05, 4.69) is 14.7 Å². The fourth-order valence-electron chi connectivity index (χ4n) is 1.54. The standard InChI is InChI=1S/C12H13ClN4O3S/c1-7-5-11(20-2)16-12(15-7)17-21(18,19)8-3-4-10(14)9(13)6-8/h3-6H,14H2,1-2H3,(H,15,16,17). The lowest BCUT2D eigenvalue weighted by Gasteiger charge is -2.09. The molecule has 0 fully saturated rings. The molecular weight excluding hydrogens is 316 g/mol. The highest BCUT2D eigenvalue weighted by molar-refractivity contribution is 7.92. The first-order chi connectivity index (χ1) is 9.81. The zero-order valence-corrected chi connectivity index (χ0v) is 12.9. The topological polar surface area (TPSA) is 107 Å². The number of hydrogen-bond acceptors (Lipinski definition) is 6. The van der Waals surface area contributed by atoms with Gasteiger partial charge in [0, 0.05) is 11.8 Å². The van der Waals surface area contributed by atoms with Gasteiger partial charge in [0.05, 0.1) is 22.7 Å². The number of anilines is 2. The number of nitrogens with one attached hydrogen (secondary N) is 1. The number of hydrogen-bond donors (Lipinski definition) is 2. The van der Waals surface area contributed by atoms with Crippen LogP contribution in [0, 0.1) is 6.92 Å². The Labute approximate surface area is 127 Å². The third-order valence-corrected chi connectivity index (χ3v) is 4.20. The minimum atomic E-state index is -3.86. The Bertz CT molecular complexity index is 780. The molecule has 1 aromatic heterocycles. The van der Waals surface area contributed by atoms with Crippen molar-refractivity contribution >= 4 is 33.3 Å². The first-order valence-corrected chi connectivity index (χ1v) is 7.65. The van der Waals surface area contributed by atoms with Gasteiger partial charge in [-0.05, 0) is 25.1 Å². The summed E-state index contributed by atoms with van der Waals surface area (Å²) in [7, 11) is -2.43. The molecule has 0 aliphatic rings. The highest BCUT2D eigenvalue weighted by Gasteiger charge is 2.17. The van der Waals surface area contributed by atoms with Gasteiger partial charge in [0.1, 0.15) is 0 Å². The lowest BCUT2D eigenvalue weighted by Crippen LogP contribution is -2.15. The van der Waals surface area contributed by atoms with Crippen LogP contribution in [0.25, 0.3) is 0 Å². The number of rotatable bonds is 4. The molecule has 0 aliphatic carbocycles. The molecule has 7 nitrogen and oxygen atoms in total. The average Bonchev–Trinajstić information content (AvgIpc) is 2.40. The van der Waals surface area contributed by atoms with Gasteiger partial charge in [-0.1, -0.05) is 11.6 Å². The molecule has 9 heteroatoms. The van der Waals surface area contributed by atoms with E-state index in [-0.39, 0.29) is 21.7 Å². The molecule has 0 saturated carbocycles. The van der Waals surface area contributed by atoms with Gasteiger partial charge < -0.3 is 10.5 Å². The van der Waals surface area contributed by atoms with E-state index >= 15 is 0 Å². The quantitative estimate of drug-likeness (QED) is 0.829. The summed E-state index contributed by atoms with van der Waals surface area (Å²) in [6, 6.07) is 5.59. The van der Waals surface area contributed by atoms with E-state index in [1.54, 1.807) is 13.0 Å². The molecule has 0 atom stereocenters. The summed E-state index contributed by atoms with van der Waals surface area (Å²) < 4.78 is 31.7. The summed E-state index contributed by atoms with van der Waals surface area (Å²) in [6.07, 6.45) is 0. The highest BCUT2D eigenvalue weighted by atomic mass is 35.5. The number of ether oxygens (including phenoxy) is 1. The maximum Gasteiger partial charge on any atom is 0.264 e. The van der Waals surface area contributed by atoms with Crippen LogP contribution in [0.2, 0.25) is 5.02 Å². The normalized spacial score (nSPS) is 11.2. The number of nitrogens with two attached hydrogens (primary N) is 1. The molecular formula is C12H13ClN4O3S. The van der Waals surface area contributed by atoms with Crippen LogP contribution in [0.3, 0.4) is 0 Å². The second-order valence-corrected chi connectivity index (χ2v) is 6.25. The fraction of sp³-hybridized carbons (Fsp3) is 0.167. The van der Waals surface area contributed by atoms with Crippen LogP contribution in [-0.2, 0) is 10.0 Å². The van der Waals surface area contributed by atoms with Crippen molar-refractivity contribution in [2.45, 2.75) is 11.8 Å². The Morgan fingerprint density at radius 2 is 2.00 bits per heavy atom. The maximum absolute atomic E-state index is 12.2. The van der Waals surface area contributed by atoms with Crippen molar-refractivity contribution in [1.82, 2.24) is 9.97 Å².